The molecule has 0 bridgehead atoms. The zero-order chi connectivity index (χ0) is 3.58. The second kappa shape index (κ2) is 40.6. The quantitative estimate of drug-likeness (QED) is 0.223. The van der Waals surface area contributed by atoms with Crippen LogP contribution in [-0.4, -0.2) is 69.9 Å². The van der Waals surface area contributed by atoms with Crippen molar-refractivity contribution in [3.8, 4) is 0 Å². The van der Waals surface area contributed by atoms with E-state index in [-0.39, 0.29) is 59.6 Å². The summed E-state index contributed by atoms with van der Waals surface area (Å²) in [5, 5.41) is 13.6. The van der Waals surface area contributed by atoms with Crippen LogP contribution in [0.2, 0.25) is 0 Å². The molecule has 0 saturated carbocycles. The maximum Gasteiger partial charge on any atom is 0.291 e. The summed E-state index contributed by atoms with van der Waals surface area (Å²) < 4.78 is 0. The van der Waals surface area contributed by atoms with Gasteiger partial charge in [-0.05, 0) is 0 Å². The average Bonchev–Trinajstić information content (AvgIpc) is 0.811. The van der Waals surface area contributed by atoms with Gasteiger partial charge in [0.25, 0.3) is 5.09 Å². The van der Waals surface area contributed by atoms with E-state index in [4.69, 9.17) is 15.3 Å². The molecule has 0 amide bonds. The third kappa shape index (κ3) is 3670. The van der Waals surface area contributed by atoms with Crippen molar-refractivity contribution in [2.24, 2.45) is 0 Å². The molecule has 0 heterocycles. The molecule has 0 rings (SSSR count). The summed E-state index contributed by atoms with van der Waals surface area (Å²) in [5.41, 5.74) is 0. The van der Waals surface area contributed by atoms with Crippen molar-refractivity contribution in [2.45, 2.75) is 0 Å². The van der Waals surface area contributed by atoms with Crippen LogP contribution in [0.3, 0.4) is 0 Å². The third-order valence-electron chi connectivity index (χ3n) is 0. The zero-order valence-corrected chi connectivity index (χ0v) is 6.63. The van der Waals surface area contributed by atoms with E-state index in [9.17, 15) is 0 Å². The van der Waals surface area contributed by atoms with E-state index in [0.717, 1.165) is 0 Å². The smallest absolute Gasteiger partial charge is 0.291 e. The minimum absolute atomic E-state index is 0. The molecule has 9 heteroatoms. The van der Waals surface area contributed by atoms with Crippen LogP contribution in [0, 0.1) is 10.1 Å². The minimum Gasteiger partial charge on any atom is -0.412 e. The van der Waals surface area contributed by atoms with Gasteiger partial charge >= 0.3 is 0 Å². The Morgan fingerprint density at radius 2 is 1.11 bits per heavy atom. The van der Waals surface area contributed by atoms with E-state index in [2.05, 4.69) is 0 Å². The van der Waals surface area contributed by atoms with Crippen LogP contribution in [0.5, 0.6) is 0 Å². The van der Waals surface area contributed by atoms with Crippen LogP contribution < -0.4 is 0 Å². The van der Waals surface area contributed by atoms with Crippen molar-refractivity contribution in [1.82, 2.24) is 0 Å². The van der Waals surface area contributed by atoms with Gasteiger partial charge in [0, 0.05) is 37.7 Å². The SMILES string of the molecule is O.O.O.O.O=[N+]([O-])O.[Ca]. The monoisotopic (exact) mass is 175 g/mol. The van der Waals surface area contributed by atoms with Crippen LogP contribution in [-0.2, 0) is 0 Å². The van der Waals surface area contributed by atoms with Crippen molar-refractivity contribution in [3.05, 3.63) is 10.1 Å². The van der Waals surface area contributed by atoms with Gasteiger partial charge in [-0.2, -0.15) is 0 Å². The van der Waals surface area contributed by atoms with Crippen molar-refractivity contribution in [3.63, 3.8) is 0 Å². The molecule has 9 heavy (non-hydrogen) atoms. The average molecular weight is 175 g/mol. The topological polar surface area (TPSA) is 189 Å². The van der Waals surface area contributed by atoms with Crippen molar-refractivity contribution < 1.29 is 32.2 Å². The van der Waals surface area contributed by atoms with Crippen LogP contribution in [0.25, 0.3) is 0 Å². The standard InChI is InChI=1S/Ca.HNO3.4H2O/c;2-1(3)4;;;;/h;(H,2,3,4);4*1H2. The fourth-order valence-electron chi connectivity index (χ4n) is 0. The molecule has 0 aromatic carbocycles. The van der Waals surface area contributed by atoms with Crippen molar-refractivity contribution in [1.29, 1.82) is 0 Å². The molecule has 0 aromatic rings. The molecule has 0 unspecified atom stereocenters. The van der Waals surface area contributed by atoms with Gasteiger partial charge in [-0.1, -0.05) is 0 Å². The Hall–Kier alpha value is 0.300. The van der Waals surface area contributed by atoms with Crippen LogP contribution in [0.1, 0.15) is 0 Å². The molecule has 9 N–H and O–H groups in total. The predicted molar refractivity (Wildman–Crippen MR) is 29.0 cm³/mol. The Balaban J connectivity index is -0.00000000450. The molecule has 0 saturated heterocycles. The van der Waals surface area contributed by atoms with Gasteiger partial charge in [0.15, 0.2) is 0 Å². The number of hydrogen-bond donors (Lipinski definition) is 1. The molecule has 58 valence electrons. The first kappa shape index (κ1) is 58.8. The van der Waals surface area contributed by atoms with Crippen LogP contribution in [0.15, 0.2) is 0 Å². The maximum atomic E-state index is 8.36. The van der Waals surface area contributed by atoms with Crippen molar-refractivity contribution in [2.75, 3.05) is 0 Å². The Kier molecular flexibility index (Phi) is 266. The molecule has 0 spiro atoms. The molecule has 8 nitrogen and oxygen atoms in total. The van der Waals surface area contributed by atoms with E-state index in [1.165, 1.54) is 0 Å². The molecule has 0 fully saturated rings. The summed E-state index contributed by atoms with van der Waals surface area (Å²) in [5.74, 6) is 0. The fourth-order valence-corrected chi connectivity index (χ4v) is 0. The molecule has 0 aliphatic rings. The zero-order valence-electron chi connectivity index (χ0n) is 4.42. The molecule has 0 atom stereocenters. The summed E-state index contributed by atoms with van der Waals surface area (Å²) in [4.78, 5) is 8.36. The predicted octanol–water partition coefficient (Wildman–Crippen LogP) is -4.03. The normalized spacial score (nSPS) is 2.67. The molecule has 0 aliphatic carbocycles. The van der Waals surface area contributed by atoms with Crippen LogP contribution >= 0.6 is 0 Å². The first-order chi connectivity index (χ1) is 1.73. The van der Waals surface area contributed by atoms with E-state index >= 15 is 0 Å². The Bertz CT molecular complexity index is 31.9. The molecule has 0 aromatic heterocycles. The number of rotatable bonds is 0. The first-order valence-corrected chi connectivity index (χ1v) is 0.565. The fraction of sp³-hybridized carbons (Fsp3) is 0. The number of nitrogens with zero attached hydrogens (tertiary/aromatic N) is 1. The molecular weight excluding hydrogens is 166 g/mol. The van der Waals surface area contributed by atoms with Gasteiger partial charge in [0.1, 0.15) is 0 Å². The molecule has 0 aliphatic heterocycles. The van der Waals surface area contributed by atoms with E-state index in [1.54, 1.807) is 0 Å². The second-order valence-electron chi connectivity index (χ2n) is 0.238. The van der Waals surface area contributed by atoms with E-state index < -0.39 is 5.09 Å². The van der Waals surface area contributed by atoms with E-state index in [1.807, 2.05) is 0 Å². The number of hydrogen-bond acceptors (Lipinski definition) is 2. The second-order valence-corrected chi connectivity index (χ2v) is 0.238. The van der Waals surface area contributed by atoms with Gasteiger partial charge in [-0.15, -0.1) is 10.1 Å². The summed E-state index contributed by atoms with van der Waals surface area (Å²) in [6.45, 7) is 0. The minimum atomic E-state index is -1.50. The van der Waals surface area contributed by atoms with Gasteiger partial charge < -0.3 is 27.1 Å². The Labute approximate surface area is 79.8 Å². The summed E-state index contributed by atoms with van der Waals surface area (Å²) in [6, 6.07) is 0. The van der Waals surface area contributed by atoms with Gasteiger partial charge in [-0.25, -0.2) is 0 Å². The van der Waals surface area contributed by atoms with Crippen molar-refractivity contribution >= 4 is 37.7 Å². The summed E-state index contributed by atoms with van der Waals surface area (Å²) >= 11 is 0. The summed E-state index contributed by atoms with van der Waals surface area (Å²) in [6.07, 6.45) is 0. The Morgan fingerprint density at radius 3 is 1.11 bits per heavy atom. The summed E-state index contributed by atoms with van der Waals surface area (Å²) in [7, 11) is 0. The van der Waals surface area contributed by atoms with Gasteiger partial charge in [0.2, 0.25) is 0 Å². The first-order valence-electron chi connectivity index (χ1n) is 0.565. The van der Waals surface area contributed by atoms with Gasteiger partial charge in [0.05, 0.1) is 0 Å². The maximum absolute atomic E-state index is 8.36. The molecule has 2 radical (unpaired) electrons. The van der Waals surface area contributed by atoms with Crippen LogP contribution in [0.4, 0.5) is 0 Å². The largest absolute Gasteiger partial charge is 0.412 e. The van der Waals surface area contributed by atoms with E-state index in [0.29, 0.717) is 0 Å². The third-order valence-corrected chi connectivity index (χ3v) is 0. The van der Waals surface area contributed by atoms with Gasteiger partial charge in [-0.3, -0.25) is 0 Å². The molecular formula is H9CaNO7. The Morgan fingerprint density at radius 1 is 1.11 bits per heavy atom.